The Hall–Kier alpha value is -0.560. The summed E-state index contributed by atoms with van der Waals surface area (Å²) in [5.41, 5.74) is 0. The molecule has 1 heterocycles. The average molecular weight is 198 g/mol. The van der Waals surface area contributed by atoms with Crippen LogP contribution in [0.5, 0.6) is 0 Å². The number of hydrogen-bond donors (Lipinski definition) is 0. The van der Waals surface area contributed by atoms with Gasteiger partial charge in [-0.15, -0.1) is 6.42 Å². The second kappa shape index (κ2) is 4.79. The van der Waals surface area contributed by atoms with Gasteiger partial charge >= 0.3 is 0 Å². The number of ether oxygens (including phenoxy) is 3. The summed E-state index contributed by atoms with van der Waals surface area (Å²) in [5, 5.41) is 0. The molecule has 1 rings (SSSR count). The molecule has 80 valence electrons. The van der Waals surface area contributed by atoms with E-state index in [1.54, 1.807) is 7.11 Å². The van der Waals surface area contributed by atoms with Gasteiger partial charge in [-0.25, -0.2) is 0 Å². The summed E-state index contributed by atoms with van der Waals surface area (Å²) in [6, 6.07) is 0. The first-order valence-electron chi connectivity index (χ1n) is 4.88. The molecule has 0 amide bonds. The van der Waals surface area contributed by atoms with Crippen LogP contribution in [0.2, 0.25) is 0 Å². The van der Waals surface area contributed by atoms with Gasteiger partial charge in [-0.1, -0.05) is 5.92 Å². The number of terminal acetylenes is 1. The van der Waals surface area contributed by atoms with Gasteiger partial charge in [0.25, 0.3) is 0 Å². The van der Waals surface area contributed by atoms with E-state index in [-0.39, 0.29) is 12.2 Å². The van der Waals surface area contributed by atoms with E-state index in [4.69, 9.17) is 20.6 Å². The zero-order chi connectivity index (χ0) is 10.6. The third-order valence-electron chi connectivity index (χ3n) is 2.29. The molecule has 0 bridgehead atoms. The fraction of sp³-hybridized carbons (Fsp3) is 0.818. The lowest BCUT2D eigenvalue weighted by Crippen LogP contribution is -2.22. The molecule has 0 N–H and O–H groups in total. The number of hydrogen-bond acceptors (Lipinski definition) is 3. The minimum absolute atomic E-state index is 0.109. The molecule has 1 aliphatic rings. The Morgan fingerprint density at radius 3 is 2.79 bits per heavy atom. The van der Waals surface area contributed by atoms with Crippen LogP contribution in [0, 0.1) is 12.3 Å². The molecule has 3 nitrogen and oxygen atoms in total. The molecule has 1 saturated heterocycles. The minimum atomic E-state index is -0.441. The maximum atomic E-state index is 5.64. The summed E-state index contributed by atoms with van der Waals surface area (Å²) in [4.78, 5) is 0. The van der Waals surface area contributed by atoms with E-state index in [0.29, 0.717) is 6.61 Å². The first kappa shape index (κ1) is 11.5. The van der Waals surface area contributed by atoms with E-state index in [0.717, 1.165) is 12.8 Å². The van der Waals surface area contributed by atoms with Crippen molar-refractivity contribution in [2.24, 2.45) is 0 Å². The molecule has 2 atom stereocenters. The summed E-state index contributed by atoms with van der Waals surface area (Å²) < 4.78 is 16.2. The van der Waals surface area contributed by atoms with Gasteiger partial charge in [0.15, 0.2) is 5.79 Å². The Morgan fingerprint density at radius 1 is 1.64 bits per heavy atom. The van der Waals surface area contributed by atoms with Gasteiger partial charge in [0.05, 0.1) is 12.7 Å². The highest BCUT2D eigenvalue weighted by molar-refractivity contribution is 4.94. The summed E-state index contributed by atoms with van der Waals surface area (Å²) in [5.74, 6) is 2.14. The second-order valence-corrected chi connectivity index (χ2v) is 3.92. The Labute approximate surface area is 85.7 Å². The highest BCUT2D eigenvalue weighted by atomic mass is 16.7. The largest absolute Gasteiger partial charge is 0.369 e. The van der Waals surface area contributed by atoms with E-state index in [2.05, 4.69) is 5.92 Å². The van der Waals surface area contributed by atoms with E-state index >= 15 is 0 Å². The van der Waals surface area contributed by atoms with Gasteiger partial charge in [0.2, 0.25) is 0 Å². The predicted octanol–water partition coefficient (Wildman–Crippen LogP) is 1.57. The highest BCUT2D eigenvalue weighted by Crippen LogP contribution is 2.25. The molecule has 1 aliphatic heterocycles. The van der Waals surface area contributed by atoms with Crippen molar-refractivity contribution in [1.82, 2.24) is 0 Å². The van der Waals surface area contributed by atoms with Crippen molar-refractivity contribution >= 4 is 0 Å². The molecule has 3 heteroatoms. The monoisotopic (exact) mass is 198 g/mol. The van der Waals surface area contributed by atoms with Crippen LogP contribution in [0.3, 0.4) is 0 Å². The van der Waals surface area contributed by atoms with Crippen molar-refractivity contribution in [3.8, 4) is 12.3 Å². The highest BCUT2D eigenvalue weighted by Gasteiger charge is 2.32. The van der Waals surface area contributed by atoms with E-state index < -0.39 is 5.79 Å². The van der Waals surface area contributed by atoms with Gasteiger partial charge in [-0.05, 0) is 26.7 Å². The lowest BCUT2D eigenvalue weighted by molar-refractivity contribution is -0.139. The van der Waals surface area contributed by atoms with Crippen molar-refractivity contribution in [2.75, 3.05) is 13.7 Å². The van der Waals surface area contributed by atoms with Crippen LogP contribution in [-0.4, -0.2) is 31.7 Å². The molecule has 0 aromatic rings. The standard InChI is InChI=1S/C11H18O3/c1-5-9(12-4)6-7-10-8-13-11(2,3)14-10/h1,9-10H,6-8H2,2-4H3. The fourth-order valence-electron chi connectivity index (χ4n) is 1.51. The molecular formula is C11H18O3. The lowest BCUT2D eigenvalue weighted by Gasteiger charge is -2.17. The predicted molar refractivity (Wildman–Crippen MR) is 53.8 cm³/mol. The quantitative estimate of drug-likeness (QED) is 0.642. The Morgan fingerprint density at radius 2 is 2.36 bits per heavy atom. The minimum Gasteiger partial charge on any atom is -0.369 e. The zero-order valence-electron chi connectivity index (χ0n) is 9.08. The molecule has 1 fully saturated rings. The molecular weight excluding hydrogens is 180 g/mol. The van der Waals surface area contributed by atoms with Gasteiger partial charge in [-0.3, -0.25) is 0 Å². The van der Waals surface area contributed by atoms with Crippen molar-refractivity contribution in [1.29, 1.82) is 0 Å². The smallest absolute Gasteiger partial charge is 0.163 e. The molecule has 0 spiro atoms. The van der Waals surface area contributed by atoms with E-state index in [1.807, 2.05) is 13.8 Å². The fourth-order valence-corrected chi connectivity index (χ4v) is 1.51. The molecule has 0 aromatic carbocycles. The lowest BCUT2D eigenvalue weighted by atomic mass is 10.1. The van der Waals surface area contributed by atoms with Crippen LogP contribution in [0.4, 0.5) is 0 Å². The molecule has 0 radical (unpaired) electrons. The van der Waals surface area contributed by atoms with Crippen LogP contribution in [0.1, 0.15) is 26.7 Å². The van der Waals surface area contributed by atoms with Crippen molar-refractivity contribution in [3.05, 3.63) is 0 Å². The average Bonchev–Trinajstić information content (AvgIpc) is 2.47. The normalized spacial score (nSPS) is 27.1. The third kappa shape index (κ3) is 3.30. The van der Waals surface area contributed by atoms with Crippen molar-refractivity contribution in [2.45, 2.75) is 44.7 Å². The Bertz CT molecular complexity index is 217. The summed E-state index contributed by atoms with van der Waals surface area (Å²) in [6.07, 6.45) is 7.01. The van der Waals surface area contributed by atoms with Crippen LogP contribution in [-0.2, 0) is 14.2 Å². The van der Waals surface area contributed by atoms with Crippen molar-refractivity contribution < 1.29 is 14.2 Å². The summed E-state index contributed by atoms with van der Waals surface area (Å²) in [7, 11) is 1.63. The summed E-state index contributed by atoms with van der Waals surface area (Å²) >= 11 is 0. The number of rotatable bonds is 4. The van der Waals surface area contributed by atoms with E-state index in [9.17, 15) is 0 Å². The third-order valence-corrected chi connectivity index (χ3v) is 2.29. The molecule has 0 aliphatic carbocycles. The van der Waals surface area contributed by atoms with E-state index in [1.165, 1.54) is 0 Å². The first-order valence-corrected chi connectivity index (χ1v) is 4.88. The number of methoxy groups -OCH3 is 1. The van der Waals surface area contributed by atoms with Crippen LogP contribution < -0.4 is 0 Å². The maximum Gasteiger partial charge on any atom is 0.163 e. The van der Waals surface area contributed by atoms with Gasteiger partial charge in [0.1, 0.15) is 6.10 Å². The zero-order valence-corrected chi connectivity index (χ0v) is 9.08. The maximum absolute atomic E-state index is 5.64. The van der Waals surface area contributed by atoms with Gasteiger partial charge < -0.3 is 14.2 Å². The van der Waals surface area contributed by atoms with Crippen LogP contribution in [0.15, 0.2) is 0 Å². The first-order chi connectivity index (χ1) is 6.57. The van der Waals surface area contributed by atoms with Gasteiger partial charge in [0, 0.05) is 7.11 Å². The van der Waals surface area contributed by atoms with Crippen molar-refractivity contribution in [3.63, 3.8) is 0 Å². The SMILES string of the molecule is C#CC(CCC1COC(C)(C)O1)OC. The van der Waals surface area contributed by atoms with Gasteiger partial charge in [-0.2, -0.15) is 0 Å². The Kier molecular flexibility index (Phi) is 3.94. The Balaban J connectivity index is 2.24. The second-order valence-electron chi connectivity index (χ2n) is 3.92. The topological polar surface area (TPSA) is 27.7 Å². The molecule has 14 heavy (non-hydrogen) atoms. The van der Waals surface area contributed by atoms with Crippen LogP contribution in [0.25, 0.3) is 0 Å². The molecule has 0 saturated carbocycles. The molecule has 0 aromatic heterocycles. The summed E-state index contributed by atoms with van der Waals surface area (Å²) in [6.45, 7) is 4.48. The molecule has 2 unspecified atom stereocenters. The van der Waals surface area contributed by atoms with Crippen LogP contribution >= 0.6 is 0 Å².